The summed E-state index contributed by atoms with van der Waals surface area (Å²) < 4.78 is 5.29. The van der Waals surface area contributed by atoms with Gasteiger partial charge in [0.1, 0.15) is 0 Å². The Hall–Kier alpha value is -2.89. The second-order valence-electron chi connectivity index (χ2n) is 4.75. The van der Waals surface area contributed by atoms with E-state index >= 15 is 0 Å². The maximum absolute atomic E-state index is 12.0. The second-order valence-corrected chi connectivity index (χ2v) is 4.75. The molecule has 0 unspecified atom stereocenters. The average Bonchev–Trinajstić information content (AvgIpc) is 2.53. The van der Waals surface area contributed by atoms with E-state index in [4.69, 9.17) is 4.74 Å². The second kappa shape index (κ2) is 7.21. The molecule has 22 heavy (non-hydrogen) atoms. The molecule has 6 heteroatoms. The maximum Gasteiger partial charge on any atom is 0.310 e. The summed E-state index contributed by atoms with van der Waals surface area (Å²) in [6, 6.07) is 15.5. The Balaban J connectivity index is 1.94. The maximum atomic E-state index is 12.0. The number of ether oxygens (including phenoxy) is 1. The quantitative estimate of drug-likeness (QED) is 0.607. The van der Waals surface area contributed by atoms with Crippen LogP contribution in [-0.2, 0) is 11.3 Å². The van der Waals surface area contributed by atoms with E-state index in [0.29, 0.717) is 6.54 Å². The Kier molecular flexibility index (Phi) is 5.08. The van der Waals surface area contributed by atoms with E-state index in [-0.39, 0.29) is 24.0 Å². The van der Waals surface area contributed by atoms with Gasteiger partial charge in [-0.05, 0) is 11.6 Å². The fourth-order valence-corrected chi connectivity index (χ4v) is 1.93. The van der Waals surface area contributed by atoms with Crippen LogP contribution in [-0.4, -0.2) is 29.4 Å². The number of benzene rings is 2. The summed E-state index contributed by atoms with van der Waals surface area (Å²) in [4.78, 5) is 23.9. The monoisotopic (exact) mass is 300 g/mol. The summed E-state index contributed by atoms with van der Waals surface area (Å²) in [6.45, 7) is 0.216. The van der Waals surface area contributed by atoms with E-state index in [0.717, 1.165) is 5.56 Å². The van der Waals surface area contributed by atoms with Crippen molar-refractivity contribution in [3.05, 3.63) is 70.3 Å². The highest BCUT2D eigenvalue weighted by atomic mass is 16.6. The molecule has 0 saturated heterocycles. The topological polar surface area (TPSA) is 72.7 Å². The third-order valence-electron chi connectivity index (χ3n) is 3.10. The largest absolute Gasteiger partial charge is 0.477 e. The number of nitro groups is 1. The molecule has 0 fully saturated rings. The van der Waals surface area contributed by atoms with E-state index in [1.165, 1.54) is 17.0 Å². The Bertz CT molecular complexity index is 658. The number of carbonyl (C=O) groups is 1. The van der Waals surface area contributed by atoms with Crippen LogP contribution in [0, 0.1) is 10.1 Å². The summed E-state index contributed by atoms with van der Waals surface area (Å²) in [5, 5.41) is 10.9. The van der Waals surface area contributed by atoms with E-state index in [1.54, 1.807) is 19.2 Å². The fraction of sp³-hybridized carbons (Fsp3) is 0.188. The van der Waals surface area contributed by atoms with Crippen molar-refractivity contribution in [2.24, 2.45) is 0 Å². The summed E-state index contributed by atoms with van der Waals surface area (Å²) >= 11 is 0. The van der Waals surface area contributed by atoms with Crippen LogP contribution in [0.25, 0.3) is 0 Å². The first-order chi connectivity index (χ1) is 10.6. The zero-order valence-corrected chi connectivity index (χ0v) is 12.1. The van der Waals surface area contributed by atoms with Gasteiger partial charge in [-0.1, -0.05) is 42.5 Å². The number of amides is 1. The lowest BCUT2D eigenvalue weighted by Crippen LogP contribution is -2.31. The molecule has 2 rings (SSSR count). The van der Waals surface area contributed by atoms with Crippen LogP contribution in [0.5, 0.6) is 5.75 Å². The lowest BCUT2D eigenvalue weighted by atomic mass is 10.2. The van der Waals surface area contributed by atoms with Gasteiger partial charge in [0.2, 0.25) is 0 Å². The molecule has 0 atom stereocenters. The summed E-state index contributed by atoms with van der Waals surface area (Å²) in [5.74, 6) is -0.157. The van der Waals surface area contributed by atoms with Crippen molar-refractivity contribution >= 4 is 11.6 Å². The van der Waals surface area contributed by atoms with E-state index in [2.05, 4.69) is 0 Å². The lowest BCUT2D eigenvalue weighted by Gasteiger charge is -2.17. The minimum absolute atomic E-state index is 0.0916. The normalized spacial score (nSPS) is 10.0. The Morgan fingerprint density at radius 2 is 1.77 bits per heavy atom. The van der Waals surface area contributed by atoms with Gasteiger partial charge in [0.15, 0.2) is 12.4 Å². The van der Waals surface area contributed by atoms with Gasteiger partial charge in [-0.15, -0.1) is 0 Å². The first kappa shape index (κ1) is 15.5. The molecule has 2 aromatic rings. The van der Waals surface area contributed by atoms with Gasteiger partial charge < -0.3 is 9.64 Å². The zero-order valence-electron chi connectivity index (χ0n) is 12.1. The van der Waals surface area contributed by atoms with E-state index < -0.39 is 4.92 Å². The molecule has 0 aliphatic carbocycles. The molecular formula is C16H16N2O4. The predicted molar refractivity (Wildman–Crippen MR) is 81.5 cm³/mol. The van der Waals surface area contributed by atoms with Crippen LogP contribution < -0.4 is 4.74 Å². The Morgan fingerprint density at radius 1 is 1.14 bits per heavy atom. The molecule has 0 radical (unpaired) electrons. The van der Waals surface area contributed by atoms with Gasteiger partial charge in [0.25, 0.3) is 5.91 Å². The highest BCUT2D eigenvalue weighted by Gasteiger charge is 2.16. The number of nitrogens with zero attached hydrogens (tertiary/aromatic N) is 2. The molecule has 0 aliphatic rings. The number of hydrogen-bond donors (Lipinski definition) is 0. The standard InChI is InChI=1S/C16H16N2O4/c1-17(11-13-7-3-2-4-8-13)16(19)12-22-15-10-6-5-9-14(15)18(20)21/h2-10H,11-12H2,1H3. The first-order valence-electron chi connectivity index (χ1n) is 6.72. The van der Waals surface area contributed by atoms with Crippen LogP contribution in [0.3, 0.4) is 0 Å². The van der Waals surface area contributed by atoms with Gasteiger partial charge in [-0.25, -0.2) is 0 Å². The van der Waals surface area contributed by atoms with E-state index in [9.17, 15) is 14.9 Å². The van der Waals surface area contributed by atoms with E-state index in [1.807, 2.05) is 30.3 Å². The van der Waals surface area contributed by atoms with Crippen molar-refractivity contribution in [1.29, 1.82) is 0 Å². The highest BCUT2D eigenvalue weighted by Crippen LogP contribution is 2.25. The first-order valence-corrected chi connectivity index (χ1v) is 6.72. The summed E-state index contributed by atoms with van der Waals surface area (Å²) in [6.07, 6.45) is 0. The molecule has 0 saturated carbocycles. The molecule has 0 aliphatic heterocycles. The molecule has 0 N–H and O–H groups in total. The van der Waals surface area contributed by atoms with Crippen molar-refractivity contribution in [2.75, 3.05) is 13.7 Å². The summed E-state index contributed by atoms with van der Waals surface area (Å²) in [7, 11) is 1.66. The lowest BCUT2D eigenvalue weighted by molar-refractivity contribution is -0.385. The minimum atomic E-state index is -0.534. The van der Waals surface area contributed by atoms with Crippen LogP contribution in [0.15, 0.2) is 54.6 Å². The number of para-hydroxylation sites is 2. The zero-order chi connectivity index (χ0) is 15.9. The number of carbonyl (C=O) groups excluding carboxylic acids is 1. The average molecular weight is 300 g/mol. The Morgan fingerprint density at radius 3 is 2.45 bits per heavy atom. The number of rotatable bonds is 6. The third kappa shape index (κ3) is 4.05. The fourth-order valence-electron chi connectivity index (χ4n) is 1.93. The van der Waals surface area contributed by atoms with Crippen molar-refractivity contribution in [3.63, 3.8) is 0 Å². The molecule has 0 aromatic heterocycles. The smallest absolute Gasteiger partial charge is 0.310 e. The van der Waals surface area contributed by atoms with Crippen LogP contribution in [0.2, 0.25) is 0 Å². The number of nitro benzene ring substituents is 1. The van der Waals surface area contributed by atoms with Crippen LogP contribution in [0.4, 0.5) is 5.69 Å². The minimum Gasteiger partial charge on any atom is -0.477 e. The predicted octanol–water partition coefficient (Wildman–Crippen LogP) is 2.63. The third-order valence-corrected chi connectivity index (χ3v) is 3.10. The molecule has 2 aromatic carbocycles. The van der Waals surface area contributed by atoms with Crippen molar-refractivity contribution in [2.45, 2.75) is 6.54 Å². The Labute approximate surface area is 128 Å². The van der Waals surface area contributed by atoms with Crippen molar-refractivity contribution in [1.82, 2.24) is 4.90 Å². The number of hydrogen-bond acceptors (Lipinski definition) is 4. The summed E-state index contributed by atoms with van der Waals surface area (Å²) in [5.41, 5.74) is 0.852. The molecule has 1 amide bonds. The van der Waals surface area contributed by atoms with Gasteiger partial charge in [0.05, 0.1) is 4.92 Å². The van der Waals surface area contributed by atoms with Crippen molar-refractivity contribution < 1.29 is 14.5 Å². The van der Waals surface area contributed by atoms with Gasteiger partial charge in [-0.3, -0.25) is 14.9 Å². The van der Waals surface area contributed by atoms with Crippen LogP contribution >= 0.6 is 0 Å². The van der Waals surface area contributed by atoms with Gasteiger partial charge >= 0.3 is 5.69 Å². The highest BCUT2D eigenvalue weighted by molar-refractivity contribution is 5.77. The molecule has 114 valence electrons. The van der Waals surface area contributed by atoms with Gasteiger partial charge in [0, 0.05) is 19.7 Å². The SMILES string of the molecule is CN(Cc1ccccc1)C(=O)COc1ccccc1[N+](=O)[O-]. The molecule has 0 heterocycles. The van der Waals surface area contributed by atoms with Crippen molar-refractivity contribution in [3.8, 4) is 5.75 Å². The molecule has 6 nitrogen and oxygen atoms in total. The van der Waals surface area contributed by atoms with Crippen LogP contribution in [0.1, 0.15) is 5.56 Å². The molecular weight excluding hydrogens is 284 g/mol. The van der Waals surface area contributed by atoms with Gasteiger partial charge in [-0.2, -0.15) is 0 Å². The molecule has 0 spiro atoms. The number of likely N-dealkylation sites (N-methyl/N-ethyl adjacent to an activating group) is 1. The molecule has 0 bridgehead atoms.